The Balaban J connectivity index is 2.13. The maximum absolute atomic E-state index is 13.6. The van der Waals surface area contributed by atoms with Crippen LogP contribution in [0.25, 0.3) is 0 Å². The third-order valence-electron chi connectivity index (χ3n) is 4.51. The smallest absolute Gasteiger partial charge is 0.125 e. The SMILES string of the molecule is Cc1cc(F)cc(NC2(CO)CCCC(CC(C)C)C2)c1. The Hall–Kier alpha value is -1.09. The number of aliphatic hydroxyl groups is 1. The van der Waals surface area contributed by atoms with E-state index in [9.17, 15) is 9.50 Å². The van der Waals surface area contributed by atoms with Gasteiger partial charge in [-0.15, -0.1) is 0 Å². The second-order valence-electron chi connectivity index (χ2n) is 7.17. The number of aryl methyl sites for hydroxylation is 1. The molecule has 1 saturated carbocycles. The molecule has 3 heteroatoms. The monoisotopic (exact) mass is 293 g/mol. The third-order valence-corrected chi connectivity index (χ3v) is 4.51. The Morgan fingerprint density at radius 3 is 2.76 bits per heavy atom. The summed E-state index contributed by atoms with van der Waals surface area (Å²) in [6, 6.07) is 5.00. The van der Waals surface area contributed by atoms with Gasteiger partial charge in [0, 0.05) is 5.69 Å². The standard InChI is InChI=1S/C18H28FNO/c1-13(2)7-15-5-4-6-18(11-15,12-21)20-17-9-14(3)8-16(19)10-17/h8-10,13,15,20-21H,4-7,11-12H2,1-3H3. The zero-order valence-electron chi connectivity index (χ0n) is 13.5. The Labute approximate surface area is 127 Å². The van der Waals surface area contributed by atoms with Crippen LogP contribution in [0.3, 0.4) is 0 Å². The highest BCUT2D eigenvalue weighted by Gasteiger charge is 2.36. The molecule has 0 bridgehead atoms. The molecule has 0 heterocycles. The molecular formula is C18H28FNO. The van der Waals surface area contributed by atoms with Crippen LogP contribution in [0.15, 0.2) is 18.2 Å². The van der Waals surface area contributed by atoms with Gasteiger partial charge in [0.25, 0.3) is 0 Å². The van der Waals surface area contributed by atoms with E-state index in [4.69, 9.17) is 0 Å². The molecule has 2 unspecified atom stereocenters. The lowest BCUT2D eigenvalue weighted by molar-refractivity contribution is 0.135. The van der Waals surface area contributed by atoms with E-state index in [1.807, 2.05) is 13.0 Å². The summed E-state index contributed by atoms with van der Waals surface area (Å²) in [5.41, 5.74) is 1.39. The molecule has 1 aromatic carbocycles. The fourth-order valence-electron chi connectivity index (χ4n) is 3.77. The van der Waals surface area contributed by atoms with Crippen molar-refractivity contribution in [1.29, 1.82) is 0 Å². The molecule has 0 spiro atoms. The Bertz CT molecular complexity index is 454. The average molecular weight is 293 g/mol. The van der Waals surface area contributed by atoms with Gasteiger partial charge >= 0.3 is 0 Å². The topological polar surface area (TPSA) is 32.3 Å². The molecule has 2 nitrogen and oxygen atoms in total. The van der Waals surface area contributed by atoms with E-state index in [2.05, 4.69) is 19.2 Å². The van der Waals surface area contributed by atoms with Gasteiger partial charge in [0.2, 0.25) is 0 Å². The van der Waals surface area contributed by atoms with Crippen LogP contribution < -0.4 is 5.32 Å². The first-order valence-corrected chi connectivity index (χ1v) is 8.09. The van der Waals surface area contributed by atoms with E-state index in [1.165, 1.54) is 25.0 Å². The van der Waals surface area contributed by atoms with Gasteiger partial charge < -0.3 is 10.4 Å². The Kier molecular flexibility index (Phi) is 5.26. The Morgan fingerprint density at radius 2 is 2.14 bits per heavy atom. The molecular weight excluding hydrogens is 265 g/mol. The molecule has 1 aromatic rings. The summed E-state index contributed by atoms with van der Waals surface area (Å²) < 4.78 is 13.6. The van der Waals surface area contributed by atoms with Crippen molar-refractivity contribution in [2.24, 2.45) is 11.8 Å². The highest BCUT2D eigenvalue weighted by molar-refractivity contribution is 5.48. The molecule has 2 rings (SSSR count). The summed E-state index contributed by atoms with van der Waals surface area (Å²) in [5, 5.41) is 13.4. The lowest BCUT2D eigenvalue weighted by atomic mass is 9.73. The lowest BCUT2D eigenvalue weighted by Crippen LogP contribution is -2.46. The molecule has 2 atom stereocenters. The summed E-state index contributed by atoms with van der Waals surface area (Å²) >= 11 is 0. The largest absolute Gasteiger partial charge is 0.394 e. The first-order chi connectivity index (χ1) is 9.92. The Morgan fingerprint density at radius 1 is 1.38 bits per heavy atom. The molecule has 21 heavy (non-hydrogen) atoms. The van der Waals surface area contributed by atoms with E-state index in [-0.39, 0.29) is 18.0 Å². The van der Waals surface area contributed by atoms with Crippen LogP contribution in [0, 0.1) is 24.6 Å². The maximum atomic E-state index is 13.6. The van der Waals surface area contributed by atoms with Crippen molar-refractivity contribution in [1.82, 2.24) is 0 Å². The summed E-state index contributed by atoms with van der Waals surface area (Å²) in [6.45, 7) is 6.50. The van der Waals surface area contributed by atoms with Crippen molar-refractivity contribution in [3.05, 3.63) is 29.6 Å². The van der Waals surface area contributed by atoms with Crippen LogP contribution in [0.4, 0.5) is 10.1 Å². The van der Waals surface area contributed by atoms with Crippen molar-refractivity contribution in [2.45, 2.75) is 58.4 Å². The maximum Gasteiger partial charge on any atom is 0.125 e. The zero-order chi connectivity index (χ0) is 15.5. The van der Waals surface area contributed by atoms with Gasteiger partial charge in [-0.1, -0.05) is 26.7 Å². The van der Waals surface area contributed by atoms with E-state index in [1.54, 1.807) is 0 Å². The van der Waals surface area contributed by atoms with Gasteiger partial charge in [-0.05, 0) is 61.8 Å². The van der Waals surface area contributed by atoms with Crippen molar-refractivity contribution >= 4 is 5.69 Å². The summed E-state index contributed by atoms with van der Waals surface area (Å²) in [6.07, 6.45) is 5.49. The first-order valence-electron chi connectivity index (χ1n) is 8.09. The number of hydrogen-bond donors (Lipinski definition) is 2. The molecule has 0 aliphatic heterocycles. The second-order valence-corrected chi connectivity index (χ2v) is 7.17. The normalized spacial score (nSPS) is 26.1. The predicted molar refractivity (Wildman–Crippen MR) is 86.0 cm³/mol. The van der Waals surface area contributed by atoms with Crippen LogP contribution in [0.1, 0.15) is 51.5 Å². The fourth-order valence-corrected chi connectivity index (χ4v) is 3.77. The fraction of sp³-hybridized carbons (Fsp3) is 0.667. The minimum absolute atomic E-state index is 0.108. The van der Waals surface area contributed by atoms with Crippen molar-refractivity contribution in [3.63, 3.8) is 0 Å². The van der Waals surface area contributed by atoms with Crippen LogP contribution >= 0.6 is 0 Å². The molecule has 0 saturated heterocycles. The van der Waals surface area contributed by atoms with Gasteiger partial charge in [0.05, 0.1) is 12.1 Å². The highest BCUT2D eigenvalue weighted by Crippen LogP contribution is 2.38. The van der Waals surface area contributed by atoms with Crippen molar-refractivity contribution in [2.75, 3.05) is 11.9 Å². The van der Waals surface area contributed by atoms with Crippen LogP contribution in [-0.4, -0.2) is 17.3 Å². The van der Waals surface area contributed by atoms with E-state index in [0.29, 0.717) is 11.8 Å². The predicted octanol–water partition coefficient (Wildman–Crippen LogP) is 4.51. The average Bonchev–Trinajstić information content (AvgIpc) is 2.37. The lowest BCUT2D eigenvalue weighted by Gasteiger charge is -2.41. The highest BCUT2D eigenvalue weighted by atomic mass is 19.1. The molecule has 1 fully saturated rings. The summed E-state index contributed by atoms with van der Waals surface area (Å²) in [4.78, 5) is 0. The second kappa shape index (κ2) is 6.78. The molecule has 1 aliphatic rings. The molecule has 1 aliphatic carbocycles. The van der Waals surface area contributed by atoms with Crippen LogP contribution in [0.5, 0.6) is 0 Å². The van der Waals surface area contributed by atoms with Gasteiger partial charge in [0.15, 0.2) is 0 Å². The van der Waals surface area contributed by atoms with Gasteiger partial charge in [-0.3, -0.25) is 0 Å². The minimum atomic E-state index is -0.294. The van der Waals surface area contributed by atoms with Crippen LogP contribution in [-0.2, 0) is 0 Å². The van der Waals surface area contributed by atoms with Gasteiger partial charge in [-0.25, -0.2) is 4.39 Å². The number of benzene rings is 1. The van der Waals surface area contributed by atoms with Gasteiger partial charge in [-0.2, -0.15) is 0 Å². The van der Waals surface area contributed by atoms with E-state index in [0.717, 1.165) is 30.5 Å². The van der Waals surface area contributed by atoms with Gasteiger partial charge in [0.1, 0.15) is 5.82 Å². The quantitative estimate of drug-likeness (QED) is 0.837. The number of hydrogen-bond acceptors (Lipinski definition) is 2. The third kappa shape index (κ3) is 4.44. The molecule has 0 aromatic heterocycles. The minimum Gasteiger partial charge on any atom is -0.394 e. The first kappa shape index (κ1) is 16.3. The number of nitrogens with one attached hydrogen (secondary N) is 1. The van der Waals surface area contributed by atoms with Crippen LogP contribution in [0.2, 0.25) is 0 Å². The van der Waals surface area contributed by atoms with E-state index < -0.39 is 0 Å². The van der Waals surface area contributed by atoms with Crippen molar-refractivity contribution in [3.8, 4) is 0 Å². The molecule has 0 radical (unpaired) electrons. The summed E-state index contributed by atoms with van der Waals surface area (Å²) in [7, 11) is 0. The molecule has 0 amide bonds. The van der Waals surface area contributed by atoms with E-state index >= 15 is 0 Å². The number of anilines is 1. The van der Waals surface area contributed by atoms with Crippen molar-refractivity contribution < 1.29 is 9.50 Å². The zero-order valence-corrected chi connectivity index (χ0v) is 13.5. The number of halogens is 1. The number of aliphatic hydroxyl groups excluding tert-OH is 1. The molecule has 118 valence electrons. The summed E-state index contributed by atoms with van der Waals surface area (Å²) in [5.74, 6) is 1.11. The molecule has 2 N–H and O–H groups in total. The number of rotatable bonds is 5.